The summed E-state index contributed by atoms with van der Waals surface area (Å²) in [7, 11) is 2.04. The van der Waals surface area contributed by atoms with Gasteiger partial charge in [-0.1, -0.05) is 0 Å². The second kappa shape index (κ2) is 5.49. The molecule has 4 heteroatoms. The van der Waals surface area contributed by atoms with Crippen LogP contribution in [0.2, 0.25) is 0 Å². The van der Waals surface area contributed by atoms with Gasteiger partial charge in [-0.05, 0) is 43.7 Å². The van der Waals surface area contributed by atoms with E-state index >= 15 is 0 Å². The molecule has 2 nitrogen and oxygen atoms in total. The van der Waals surface area contributed by atoms with E-state index in [9.17, 15) is 9.50 Å². The van der Waals surface area contributed by atoms with Gasteiger partial charge in [0.1, 0.15) is 5.82 Å². The molecule has 2 atom stereocenters. The summed E-state index contributed by atoms with van der Waals surface area (Å²) in [6, 6.07) is 3.80. The predicted molar refractivity (Wildman–Crippen MR) is 75.9 cm³/mol. The number of aliphatic hydroxyl groups excluding tert-OH is 1. The molecule has 1 saturated heterocycles. The van der Waals surface area contributed by atoms with Crippen molar-refractivity contribution in [2.45, 2.75) is 32.4 Å². The number of benzene rings is 1. The van der Waals surface area contributed by atoms with Crippen molar-refractivity contribution >= 4 is 17.4 Å². The Labute approximate surface area is 112 Å². The zero-order valence-corrected chi connectivity index (χ0v) is 11.9. The van der Waals surface area contributed by atoms with Crippen LogP contribution in [0.4, 0.5) is 10.1 Å². The van der Waals surface area contributed by atoms with E-state index < -0.39 is 6.10 Å². The summed E-state index contributed by atoms with van der Waals surface area (Å²) >= 11 is 1.95. The molecule has 1 heterocycles. The van der Waals surface area contributed by atoms with Crippen molar-refractivity contribution in [1.82, 2.24) is 0 Å². The monoisotopic (exact) mass is 269 g/mol. The lowest BCUT2D eigenvalue weighted by Crippen LogP contribution is -2.32. The molecular weight excluding hydrogens is 249 g/mol. The molecule has 1 unspecified atom stereocenters. The van der Waals surface area contributed by atoms with Crippen LogP contribution in [0.25, 0.3) is 0 Å². The van der Waals surface area contributed by atoms with Gasteiger partial charge in [0.15, 0.2) is 0 Å². The molecule has 0 amide bonds. The summed E-state index contributed by atoms with van der Waals surface area (Å²) in [5.74, 6) is 2.04. The molecular formula is C14H20FNOS. The molecule has 100 valence electrons. The number of rotatable bonds is 3. The van der Waals surface area contributed by atoms with Gasteiger partial charge in [0.25, 0.3) is 0 Å². The van der Waals surface area contributed by atoms with Gasteiger partial charge in [0.2, 0.25) is 0 Å². The summed E-state index contributed by atoms with van der Waals surface area (Å²) in [6.07, 6.45) is 0.503. The molecule has 2 rings (SSSR count). The first-order valence-electron chi connectivity index (χ1n) is 6.29. The zero-order chi connectivity index (χ0) is 13.3. The first-order valence-corrected chi connectivity index (χ1v) is 7.45. The van der Waals surface area contributed by atoms with Crippen molar-refractivity contribution < 1.29 is 9.50 Å². The van der Waals surface area contributed by atoms with Crippen molar-refractivity contribution in [1.29, 1.82) is 0 Å². The first kappa shape index (κ1) is 13.7. The van der Waals surface area contributed by atoms with Crippen LogP contribution in [0.5, 0.6) is 0 Å². The molecule has 1 aromatic carbocycles. The number of aryl methyl sites for hydroxylation is 1. The lowest BCUT2D eigenvalue weighted by Gasteiger charge is -2.29. The third-order valence-corrected chi connectivity index (χ3v) is 4.74. The highest BCUT2D eigenvalue weighted by atomic mass is 32.2. The van der Waals surface area contributed by atoms with Crippen LogP contribution in [0.3, 0.4) is 0 Å². The van der Waals surface area contributed by atoms with E-state index in [1.54, 1.807) is 13.8 Å². The highest BCUT2D eigenvalue weighted by molar-refractivity contribution is 7.99. The minimum atomic E-state index is -0.647. The second-order valence-electron chi connectivity index (χ2n) is 4.96. The number of hydrogen-bond acceptors (Lipinski definition) is 3. The van der Waals surface area contributed by atoms with Gasteiger partial charge in [0.05, 0.1) is 6.10 Å². The van der Waals surface area contributed by atoms with E-state index in [0.29, 0.717) is 17.2 Å². The fraction of sp³-hybridized carbons (Fsp3) is 0.571. The largest absolute Gasteiger partial charge is 0.389 e. The normalized spacial score (nSPS) is 21.1. The maximum Gasteiger partial charge on any atom is 0.126 e. The number of halogens is 1. The summed E-state index contributed by atoms with van der Waals surface area (Å²) in [5.41, 5.74) is 2.26. The van der Waals surface area contributed by atoms with Gasteiger partial charge in [0, 0.05) is 30.1 Å². The average Bonchev–Trinajstić information content (AvgIpc) is 2.84. The third kappa shape index (κ3) is 2.64. The van der Waals surface area contributed by atoms with E-state index in [0.717, 1.165) is 17.9 Å². The zero-order valence-electron chi connectivity index (χ0n) is 11.1. The molecule has 0 bridgehead atoms. The molecule has 0 spiro atoms. The molecule has 0 aromatic heterocycles. The van der Waals surface area contributed by atoms with Crippen molar-refractivity contribution in [3.05, 3.63) is 29.1 Å². The van der Waals surface area contributed by atoms with Gasteiger partial charge in [-0.25, -0.2) is 4.39 Å². The Bertz CT molecular complexity index is 430. The smallest absolute Gasteiger partial charge is 0.126 e. The number of aliphatic hydroxyl groups is 1. The van der Waals surface area contributed by atoms with Crippen molar-refractivity contribution in [3.63, 3.8) is 0 Å². The molecule has 1 aromatic rings. The number of thioether (sulfide) groups is 1. The Morgan fingerprint density at radius 1 is 1.50 bits per heavy atom. The maximum atomic E-state index is 13.6. The van der Waals surface area contributed by atoms with Gasteiger partial charge < -0.3 is 10.0 Å². The molecule has 0 radical (unpaired) electrons. The van der Waals surface area contributed by atoms with Crippen molar-refractivity contribution in [3.8, 4) is 0 Å². The maximum absolute atomic E-state index is 13.6. The highest BCUT2D eigenvalue weighted by Crippen LogP contribution is 2.32. The van der Waals surface area contributed by atoms with Crippen LogP contribution in [0.15, 0.2) is 12.1 Å². The van der Waals surface area contributed by atoms with Crippen LogP contribution in [0.1, 0.15) is 30.6 Å². The summed E-state index contributed by atoms with van der Waals surface area (Å²) in [4.78, 5) is 2.19. The molecule has 0 aliphatic carbocycles. The van der Waals surface area contributed by atoms with E-state index in [-0.39, 0.29) is 5.82 Å². The van der Waals surface area contributed by atoms with Crippen LogP contribution >= 0.6 is 11.8 Å². The van der Waals surface area contributed by atoms with Gasteiger partial charge in [-0.3, -0.25) is 0 Å². The molecule has 1 fully saturated rings. The van der Waals surface area contributed by atoms with Gasteiger partial charge >= 0.3 is 0 Å². The number of nitrogens with zero attached hydrogens (tertiary/aromatic N) is 1. The number of hydrogen-bond donors (Lipinski definition) is 1. The second-order valence-corrected chi connectivity index (χ2v) is 6.11. The summed E-state index contributed by atoms with van der Waals surface area (Å²) < 4.78 is 13.6. The van der Waals surface area contributed by atoms with Gasteiger partial charge in [-0.15, -0.1) is 0 Å². The standard InChI is InChI=1S/C14H20FNOS/c1-9-6-14(12(10(2)17)7-13(9)15)16(3)11-4-5-18-8-11/h6-7,10-11,17H,4-5,8H2,1-3H3/t10-,11?/m1/s1. The Morgan fingerprint density at radius 2 is 2.22 bits per heavy atom. The van der Waals surface area contributed by atoms with Crippen LogP contribution in [0, 0.1) is 12.7 Å². The van der Waals surface area contributed by atoms with Crippen molar-refractivity contribution in [2.75, 3.05) is 23.5 Å². The Kier molecular flexibility index (Phi) is 4.17. The van der Waals surface area contributed by atoms with E-state index in [1.165, 1.54) is 11.8 Å². The molecule has 18 heavy (non-hydrogen) atoms. The lowest BCUT2D eigenvalue weighted by molar-refractivity contribution is 0.199. The van der Waals surface area contributed by atoms with E-state index in [2.05, 4.69) is 4.90 Å². The molecule has 1 aliphatic heterocycles. The fourth-order valence-corrected chi connectivity index (χ4v) is 3.61. The highest BCUT2D eigenvalue weighted by Gasteiger charge is 2.23. The molecule has 0 saturated carbocycles. The quantitative estimate of drug-likeness (QED) is 0.912. The number of anilines is 1. The van der Waals surface area contributed by atoms with Crippen LogP contribution in [-0.2, 0) is 0 Å². The Hall–Kier alpha value is -0.740. The Balaban J connectivity index is 2.38. The van der Waals surface area contributed by atoms with E-state index in [1.807, 2.05) is 24.9 Å². The minimum Gasteiger partial charge on any atom is -0.389 e. The third-order valence-electron chi connectivity index (χ3n) is 3.59. The molecule has 1 N–H and O–H groups in total. The minimum absolute atomic E-state index is 0.246. The topological polar surface area (TPSA) is 23.5 Å². The fourth-order valence-electron chi connectivity index (χ4n) is 2.35. The van der Waals surface area contributed by atoms with Crippen molar-refractivity contribution in [2.24, 2.45) is 0 Å². The molecule has 1 aliphatic rings. The lowest BCUT2D eigenvalue weighted by atomic mass is 10.0. The van der Waals surface area contributed by atoms with Crippen LogP contribution in [-0.4, -0.2) is 29.7 Å². The SMILES string of the molecule is Cc1cc(N(C)C2CCSC2)c([C@@H](C)O)cc1F. The van der Waals surface area contributed by atoms with Gasteiger partial charge in [-0.2, -0.15) is 11.8 Å². The Morgan fingerprint density at radius 3 is 2.78 bits per heavy atom. The van der Waals surface area contributed by atoms with E-state index in [4.69, 9.17) is 0 Å². The summed E-state index contributed by atoms with van der Waals surface area (Å²) in [5, 5.41) is 9.81. The van der Waals surface area contributed by atoms with Crippen LogP contribution < -0.4 is 4.90 Å². The predicted octanol–water partition coefficient (Wildman–Crippen LogP) is 3.13. The average molecular weight is 269 g/mol. The summed E-state index contributed by atoms with van der Waals surface area (Å²) in [6.45, 7) is 3.45. The first-order chi connectivity index (χ1) is 8.50.